The number of para-hydroxylation sites is 1. The normalized spacial score (nSPS) is 10.4. The molecule has 1 heterocycles. The third-order valence-corrected chi connectivity index (χ3v) is 4.19. The topological polar surface area (TPSA) is 81.2 Å². The smallest absolute Gasteiger partial charge is 0.249 e. The van der Waals surface area contributed by atoms with Crippen LogP contribution in [-0.2, 0) is 6.42 Å². The average molecular weight is 365 g/mol. The summed E-state index contributed by atoms with van der Waals surface area (Å²) in [6.07, 6.45) is 2.53. The lowest BCUT2D eigenvalue weighted by molar-refractivity contribution is 0.355. The molecule has 3 aromatic rings. The first-order valence-electron chi connectivity index (χ1n) is 8.69. The van der Waals surface area contributed by atoms with E-state index in [2.05, 4.69) is 57.9 Å². The maximum absolute atomic E-state index is 5.32. The van der Waals surface area contributed by atoms with Crippen LogP contribution in [0.15, 0.2) is 42.6 Å². The quantitative estimate of drug-likeness (QED) is 0.648. The molecule has 0 radical (unpaired) electrons. The predicted molar refractivity (Wildman–Crippen MR) is 106 cm³/mol. The first-order valence-corrected chi connectivity index (χ1v) is 8.69. The van der Waals surface area contributed by atoms with Crippen molar-refractivity contribution in [1.29, 1.82) is 0 Å². The maximum atomic E-state index is 5.32. The fraction of sp³-hybridized carbons (Fsp3) is 0.250. The highest BCUT2D eigenvalue weighted by Crippen LogP contribution is 2.31. The van der Waals surface area contributed by atoms with Gasteiger partial charge in [-0.15, -0.1) is 5.10 Å². The van der Waals surface area contributed by atoms with E-state index in [4.69, 9.17) is 9.47 Å². The zero-order chi connectivity index (χ0) is 19.2. The van der Waals surface area contributed by atoms with Crippen LogP contribution in [0.3, 0.4) is 0 Å². The van der Waals surface area contributed by atoms with Gasteiger partial charge in [-0.3, -0.25) is 0 Å². The fourth-order valence-electron chi connectivity index (χ4n) is 2.79. The molecule has 0 saturated carbocycles. The monoisotopic (exact) mass is 365 g/mol. The van der Waals surface area contributed by atoms with Gasteiger partial charge in [0.2, 0.25) is 5.95 Å². The number of ether oxygens (including phenoxy) is 2. The van der Waals surface area contributed by atoms with Crippen LogP contribution in [0.2, 0.25) is 0 Å². The lowest BCUT2D eigenvalue weighted by Crippen LogP contribution is -2.04. The van der Waals surface area contributed by atoms with Crippen molar-refractivity contribution in [2.45, 2.75) is 20.3 Å². The summed E-state index contributed by atoms with van der Waals surface area (Å²) in [5, 5.41) is 14.6. The van der Waals surface area contributed by atoms with Crippen LogP contribution in [0.25, 0.3) is 0 Å². The van der Waals surface area contributed by atoms with E-state index in [0.29, 0.717) is 23.3 Å². The average Bonchev–Trinajstić information content (AvgIpc) is 2.69. The van der Waals surface area contributed by atoms with Crippen molar-refractivity contribution in [2.24, 2.45) is 0 Å². The first kappa shape index (κ1) is 18.4. The molecular weight excluding hydrogens is 342 g/mol. The van der Waals surface area contributed by atoms with Gasteiger partial charge in [-0.2, -0.15) is 10.1 Å². The van der Waals surface area contributed by atoms with Crippen molar-refractivity contribution < 1.29 is 9.47 Å². The van der Waals surface area contributed by atoms with E-state index in [1.54, 1.807) is 20.4 Å². The standard InChI is InChI=1S/C20H23N5O2/c1-5-14-8-6-7-13(2)19(14)23-18-12-21-25-20(24-18)22-15-9-10-16(26-3)17(11-15)27-4/h6-12H,5H2,1-4H3,(H2,22,23,24,25). The Hall–Kier alpha value is -3.35. The van der Waals surface area contributed by atoms with Gasteiger partial charge < -0.3 is 20.1 Å². The van der Waals surface area contributed by atoms with Gasteiger partial charge in [0, 0.05) is 17.4 Å². The number of hydrogen-bond acceptors (Lipinski definition) is 7. The Balaban J connectivity index is 1.83. The van der Waals surface area contributed by atoms with Crippen molar-refractivity contribution in [3.8, 4) is 11.5 Å². The van der Waals surface area contributed by atoms with E-state index in [1.165, 1.54) is 5.56 Å². The van der Waals surface area contributed by atoms with Crippen molar-refractivity contribution in [3.63, 3.8) is 0 Å². The van der Waals surface area contributed by atoms with Crippen LogP contribution in [0.5, 0.6) is 11.5 Å². The van der Waals surface area contributed by atoms with E-state index in [1.807, 2.05) is 18.2 Å². The minimum absolute atomic E-state index is 0.388. The summed E-state index contributed by atoms with van der Waals surface area (Å²) in [5.41, 5.74) is 4.21. The van der Waals surface area contributed by atoms with Gasteiger partial charge in [0.15, 0.2) is 17.3 Å². The van der Waals surface area contributed by atoms with Crippen LogP contribution >= 0.6 is 0 Å². The number of aromatic nitrogens is 3. The van der Waals surface area contributed by atoms with Crippen molar-refractivity contribution in [3.05, 3.63) is 53.7 Å². The molecule has 140 valence electrons. The van der Waals surface area contributed by atoms with E-state index < -0.39 is 0 Å². The minimum Gasteiger partial charge on any atom is -0.493 e. The number of rotatable bonds is 7. The molecule has 0 aliphatic rings. The lowest BCUT2D eigenvalue weighted by Gasteiger charge is -2.14. The Labute approximate surface area is 158 Å². The predicted octanol–water partition coefficient (Wildman–Crippen LogP) is 4.25. The van der Waals surface area contributed by atoms with Crippen molar-refractivity contribution >= 4 is 23.1 Å². The zero-order valence-electron chi connectivity index (χ0n) is 15.9. The SMILES string of the molecule is CCc1cccc(C)c1Nc1cnnc(Nc2ccc(OC)c(OC)c2)n1. The molecule has 0 atom stereocenters. The van der Waals surface area contributed by atoms with Gasteiger partial charge >= 0.3 is 0 Å². The Morgan fingerprint density at radius 2 is 1.81 bits per heavy atom. The van der Waals surface area contributed by atoms with Crippen LogP contribution in [0.4, 0.5) is 23.1 Å². The van der Waals surface area contributed by atoms with Crippen molar-refractivity contribution in [1.82, 2.24) is 15.2 Å². The Kier molecular flexibility index (Phi) is 5.71. The molecule has 2 aromatic carbocycles. The van der Waals surface area contributed by atoms with Crippen molar-refractivity contribution in [2.75, 3.05) is 24.9 Å². The zero-order valence-corrected chi connectivity index (χ0v) is 15.9. The van der Waals surface area contributed by atoms with E-state index in [0.717, 1.165) is 23.4 Å². The summed E-state index contributed by atoms with van der Waals surface area (Å²) in [6, 6.07) is 11.7. The summed E-state index contributed by atoms with van der Waals surface area (Å²) in [7, 11) is 3.20. The molecule has 0 amide bonds. The summed E-state index contributed by atoms with van der Waals surface area (Å²) < 4.78 is 10.6. The highest BCUT2D eigenvalue weighted by atomic mass is 16.5. The van der Waals surface area contributed by atoms with Gasteiger partial charge in [-0.05, 0) is 36.6 Å². The molecule has 7 heteroatoms. The molecule has 0 aliphatic heterocycles. The van der Waals surface area contributed by atoms with Crippen LogP contribution in [-0.4, -0.2) is 29.4 Å². The molecule has 0 unspecified atom stereocenters. The summed E-state index contributed by atoms with van der Waals surface area (Å²) in [4.78, 5) is 4.51. The number of benzene rings is 2. The Morgan fingerprint density at radius 1 is 1.00 bits per heavy atom. The summed E-state index contributed by atoms with van der Waals surface area (Å²) in [6.45, 7) is 4.20. The van der Waals surface area contributed by atoms with Gasteiger partial charge in [0.05, 0.1) is 20.4 Å². The van der Waals surface area contributed by atoms with E-state index in [9.17, 15) is 0 Å². The Bertz CT molecular complexity index is 930. The van der Waals surface area contributed by atoms with E-state index >= 15 is 0 Å². The van der Waals surface area contributed by atoms with Crippen LogP contribution < -0.4 is 20.1 Å². The van der Waals surface area contributed by atoms with Gasteiger partial charge in [0.1, 0.15) is 0 Å². The summed E-state index contributed by atoms with van der Waals surface area (Å²) in [5.74, 6) is 2.29. The molecule has 0 fully saturated rings. The second-order valence-corrected chi connectivity index (χ2v) is 5.95. The second-order valence-electron chi connectivity index (χ2n) is 5.95. The van der Waals surface area contributed by atoms with Crippen LogP contribution in [0, 0.1) is 6.92 Å². The molecule has 0 saturated heterocycles. The number of nitrogens with one attached hydrogen (secondary N) is 2. The molecule has 2 N–H and O–H groups in total. The highest BCUT2D eigenvalue weighted by Gasteiger charge is 2.09. The molecule has 0 aliphatic carbocycles. The second kappa shape index (κ2) is 8.35. The third-order valence-electron chi connectivity index (χ3n) is 4.19. The molecular formula is C20H23N5O2. The molecule has 0 spiro atoms. The van der Waals surface area contributed by atoms with E-state index in [-0.39, 0.29) is 0 Å². The van der Waals surface area contributed by atoms with Gasteiger partial charge in [-0.1, -0.05) is 25.1 Å². The number of anilines is 4. The number of aryl methyl sites for hydroxylation is 2. The third kappa shape index (κ3) is 4.25. The molecule has 1 aromatic heterocycles. The fourth-order valence-corrected chi connectivity index (χ4v) is 2.79. The summed E-state index contributed by atoms with van der Waals surface area (Å²) >= 11 is 0. The largest absolute Gasteiger partial charge is 0.493 e. The minimum atomic E-state index is 0.388. The van der Waals surface area contributed by atoms with Gasteiger partial charge in [0.25, 0.3) is 0 Å². The maximum Gasteiger partial charge on any atom is 0.249 e. The number of hydrogen-bond donors (Lipinski definition) is 2. The highest BCUT2D eigenvalue weighted by molar-refractivity contribution is 5.66. The molecule has 0 bridgehead atoms. The lowest BCUT2D eigenvalue weighted by atomic mass is 10.1. The van der Waals surface area contributed by atoms with Crippen LogP contribution in [0.1, 0.15) is 18.1 Å². The first-order chi connectivity index (χ1) is 13.1. The molecule has 27 heavy (non-hydrogen) atoms. The number of methoxy groups -OCH3 is 2. The van der Waals surface area contributed by atoms with Gasteiger partial charge in [-0.25, -0.2) is 0 Å². The molecule has 7 nitrogen and oxygen atoms in total. The number of nitrogens with zero attached hydrogens (tertiary/aromatic N) is 3. The Morgan fingerprint density at radius 3 is 2.56 bits per heavy atom. The molecule has 3 rings (SSSR count).